The maximum absolute atomic E-state index is 13.3. The zero-order chi connectivity index (χ0) is 24.8. The number of amides is 1. The van der Waals surface area contributed by atoms with E-state index in [0.717, 1.165) is 30.0 Å². The molecular formula is C21H18Cl2F3N3O3S2. The molecule has 34 heavy (non-hydrogen) atoms. The maximum atomic E-state index is 13.3. The third kappa shape index (κ3) is 5.17. The van der Waals surface area contributed by atoms with E-state index in [1.54, 1.807) is 25.1 Å². The molecule has 2 heterocycles. The third-order valence-corrected chi connectivity index (χ3v) is 8.91. The lowest BCUT2D eigenvalue weighted by molar-refractivity contribution is -0.137. The van der Waals surface area contributed by atoms with Crippen LogP contribution in [-0.2, 0) is 20.8 Å². The fraction of sp³-hybridized carbons (Fsp3) is 0.333. The molecule has 1 N–H and O–H groups in total. The number of sulfone groups is 1. The van der Waals surface area contributed by atoms with Gasteiger partial charge in [-0.2, -0.15) is 13.2 Å². The fourth-order valence-electron chi connectivity index (χ4n) is 3.85. The van der Waals surface area contributed by atoms with Crippen molar-refractivity contribution in [3.8, 4) is 0 Å². The van der Waals surface area contributed by atoms with Gasteiger partial charge in [-0.1, -0.05) is 41.0 Å². The van der Waals surface area contributed by atoms with Crippen molar-refractivity contribution >= 4 is 67.3 Å². The van der Waals surface area contributed by atoms with Gasteiger partial charge >= 0.3 is 6.18 Å². The van der Waals surface area contributed by atoms with Gasteiger partial charge in [0, 0.05) is 10.7 Å². The first kappa shape index (κ1) is 25.2. The average molecular weight is 552 g/mol. The lowest BCUT2D eigenvalue weighted by Gasteiger charge is -2.28. The smallest absolute Gasteiger partial charge is 0.325 e. The molecule has 0 spiro atoms. The number of anilines is 2. The summed E-state index contributed by atoms with van der Waals surface area (Å²) in [5.74, 6) is -0.976. The van der Waals surface area contributed by atoms with Crippen molar-refractivity contribution in [3.63, 3.8) is 0 Å². The Morgan fingerprint density at radius 1 is 1.21 bits per heavy atom. The average Bonchev–Trinajstić information content (AvgIpc) is 3.20. The second-order valence-electron chi connectivity index (χ2n) is 7.91. The van der Waals surface area contributed by atoms with Crippen molar-refractivity contribution in [2.45, 2.75) is 25.2 Å². The van der Waals surface area contributed by atoms with E-state index < -0.39 is 33.7 Å². The van der Waals surface area contributed by atoms with Gasteiger partial charge < -0.3 is 10.2 Å². The lowest BCUT2D eigenvalue weighted by Crippen LogP contribution is -2.39. The van der Waals surface area contributed by atoms with Crippen LogP contribution < -0.4 is 10.2 Å². The van der Waals surface area contributed by atoms with E-state index in [2.05, 4.69) is 10.3 Å². The molecule has 1 fully saturated rings. The molecule has 4 rings (SSSR count). The Morgan fingerprint density at radius 2 is 1.94 bits per heavy atom. The van der Waals surface area contributed by atoms with Crippen molar-refractivity contribution in [1.29, 1.82) is 0 Å². The number of alkyl halides is 3. The van der Waals surface area contributed by atoms with E-state index in [4.69, 9.17) is 23.2 Å². The number of benzene rings is 2. The molecule has 0 saturated carbocycles. The van der Waals surface area contributed by atoms with Crippen LogP contribution >= 0.6 is 35.0 Å². The van der Waals surface area contributed by atoms with Crippen molar-refractivity contribution in [3.05, 3.63) is 57.6 Å². The summed E-state index contributed by atoms with van der Waals surface area (Å²) in [6, 6.07) is 6.57. The Labute approximate surface area is 208 Å². The summed E-state index contributed by atoms with van der Waals surface area (Å²) < 4.78 is 64.4. The van der Waals surface area contributed by atoms with Gasteiger partial charge in [-0.15, -0.1) is 0 Å². The molecule has 0 radical (unpaired) electrons. The summed E-state index contributed by atoms with van der Waals surface area (Å²) in [6.45, 7) is 1.76. The van der Waals surface area contributed by atoms with Gasteiger partial charge in [0.05, 0.1) is 45.6 Å². The van der Waals surface area contributed by atoms with Crippen molar-refractivity contribution in [2.75, 3.05) is 27.5 Å². The van der Waals surface area contributed by atoms with E-state index in [1.807, 2.05) is 0 Å². The highest BCUT2D eigenvalue weighted by atomic mass is 35.5. The number of rotatable bonds is 4. The van der Waals surface area contributed by atoms with Gasteiger partial charge in [0.25, 0.3) is 0 Å². The number of amidine groups is 1. The minimum absolute atomic E-state index is 0.00145. The number of hydrogen-bond donors (Lipinski definition) is 1. The Balaban J connectivity index is 1.60. The Hall–Kier alpha value is -1.95. The fourth-order valence-corrected chi connectivity index (χ4v) is 6.99. The molecular weight excluding hydrogens is 534 g/mol. The largest absolute Gasteiger partial charge is 0.416 e. The highest BCUT2D eigenvalue weighted by Gasteiger charge is 2.48. The van der Waals surface area contributed by atoms with Crippen LogP contribution in [0.1, 0.15) is 11.1 Å². The van der Waals surface area contributed by atoms with Crippen molar-refractivity contribution in [2.24, 2.45) is 4.99 Å². The number of aliphatic imine (C=N–C) groups is 1. The molecule has 0 unspecified atom stereocenters. The third-order valence-electron chi connectivity index (χ3n) is 5.51. The van der Waals surface area contributed by atoms with E-state index in [0.29, 0.717) is 16.3 Å². The van der Waals surface area contributed by atoms with Crippen LogP contribution in [0.3, 0.4) is 0 Å². The highest BCUT2D eigenvalue weighted by molar-refractivity contribution is 8.14. The van der Waals surface area contributed by atoms with Crippen molar-refractivity contribution in [1.82, 2.24) is 0 Å². The number of carbonyl (C=O) groups excluding carboxylic acids is 1. The number of nitrogens with zero attached hydrogens (tertiary/aromatic N) is 2. The monoisotopic (exact) mass is 551 g/mol. The summed E-state index contributed by atoms with van der Waals surface area (Å²) in [5, 5.41) is 3.49. The second kappa shape index (κ2) is 9.25. The topological polar surface area (TPSA) is 78.8 Å². The van der Waals surface area contributed by atoms with Crippen LogP contribution in [0.15, 0.2) is 41.4 Å². The summed E-state index contributed by atoms with van der Waals surface area (Å²) in [5.41, 5.74) is 0.304. The van der Waals surface area contributed by atoms with Crippen LogP contribution in [0, 0.1) is 6.92 Å². The molecule has 2 aromatic carbocycles. The molecule has 2 aromatic rings. The van der Waals surface area contributed by atoms with Crippen LogP contribution in [-0.4, -0.2) is 48.8 Å². The number of carbonyl (C=O) groups is 1. The number of thioether (sulfide) groups is 1. The summed E-state index contributed by atoms with van der Waals surface area (Å²) in [4.78, 5) is 18.4. The first-order valence-electron chi connectivity index (χ1n) is 9.98. The molecule has 1 amide bonds. The molecule has 6 nitrogen and oxygen atoms in total. The Kier molecular flexibility index (Phi) is 6.84. The van der Waals surface area contributed by atoms with Gasteiger partial charge in [0.2, 0.25) is 5.91 Å². The molecule has 0 aliphatic carbocycles. The molecule has 2 atom stereocenters. The molecule has 2 aliphatic rings. The molecule has 1 saturated heterocycles. The number of hydrogen-bond acceptors (Lipinski definition) is 6. The van der Waals surface area contributed by atoms with E-state index >= 15 is 0 Å². The van der Waals surface area contributed by atoms with E-state index in [-0.39, 0.29) is 39.0 Å². The number of nitrogens with one attached hydrogen (secondary N) is 1. The number of halogens is 5. The van der Waals surface area contributed by atoms with Gasteiger partial charge in [0.1, 0.15) is 0 Å². The molecule has 2 aliphatic heterocycles. The second-order valence-corrected chi connectivity index (χ2v) is 11.8. The van der Waals surface area contributed by atoms with Crippen LogP contribution in [0.25, 0.3) is 0 Å². The number of fused-ring (bicyclic) bond motifs is 1. The van der Waals surface area contributed by atoms with Crippen LogP contribution in [0.4, 0.5) is 24.5 Å². The minimum Gasteiger partial charge on any atom is -0.325 e. The predicted molar refractivity (Wildman–Crippen MR) is 130 cm³/mol. The minimum atomic E-state index is -4.61. The molecule has 0 aromatic heterocycles. The highest BCUT2D eigenvalue weighted by Crippen LogP contribution is 2.41. The zero-order valence-corrected chi connectivity index (χ0v) is 20.7. The standard InChI is InChI=1S/C21H18Cl2F3N3O3S2/c1-11-13(22)3-2-4-15(11)27-19(30)8-33-20-28-16-9-34(31,32)10-18(16)29(20)17-7-12(21(24,25)26)5-6-14(17)23/h2-7,16,18H,8-10H2,1H3,(H,27,30)/t16-,18-/m0/s1. The quantitative estimate of drug-likeness (QED) is 0.576. The molecule has 13 heteroatoms. The normalized spacial score (nSPS) is 21.4. The first-order chi connectivity index (χ1) is 15.9. The molecule has 0 bridgehead atoms. The van der Waals surface area contributed by atoms with Gasteiger partial charge in [-0.05, 0) is 42.8 Å². The van der Waals surface area contributed by atoms with Gasteiger partial charge in [-0.25, -0.2) is 8.42 Å². The summed E-state index contributed by atoms with van der Waals surface area (Å²) >= 11 is 13.3. The summed E-state index contributed by atoms with van der Waals surface area (Å²) in [7, 11) is -3.42. The van der Waals surface area contributed by atoms with Crippen LogP contribution in [0.2, 0.25) is 10.0 Å². The first-order valence-corrected chi connectivity index (χ1v) is 13.5. The lowest BCUT2D eigenvalue weighted by atomic mass is 10.1. The van der Waals surface area contributed by atoms with E-state index in [9.17, 15) is 26.4 Å². The SMILES string of the molecule is Cc1c(Cl)cccc1NC(=O)CSC1=N[C@H]2CS(=O)(=O)C[C@@H]2N1c1cc(C(F)(F)F)ccc1Cl. The van der Waals surface area contributed by atoms with Gasteiger partial charge in [-0.3, -0.25) is 9.79 Å². The predicted octanol–water partition coefficient (Wildman–Crippen LogP) is 5.03. The Bertz CT molecular complexity index is 1290. The Morgan fingerprint density at radius 3 is 2.65 bits per heavy atom. The van der Waals surface area contributed by atoms with E-state index in [1.165, 1.54) is 4.90 Å². The maximum Gasteiger partial charge on any atom is 0.416 e. The van der Waals surface area contributed by atoms with Gasteiger partial charge in [0.15, 0.2) is 15.0 Å². The van der Waals surface area contributed by atoms with Crippen molar-refractivity contribution < 1.29 is 26.4 Å². The summed E-state index contributed by atoms with van der Waals surface area (Å²) in [6.07, 6.45) is -4.61. The molecule has 182 valence electrons. The van der Waals surface area contributed by atoms with Crippen LogP contribution in [0.5, 0.6) is 0 Å². The zero-order valence-electron chi connectivity index (χ0n) is 17.6.